The first-order chi connectivity index (χ1) is 14.6. The predicted molar refractivity (Wildman–Crippen MR) is 120 cm³/mol. The Morgan fingerprint density at radius 1 is 1.10 bits per heavy atom. The topological polar surface area (TPSA) is 67.2 Å². The summed E-state index contributed by atoms with van der Waals surface area (Å²) in [5.41, 5.74) is 2.91. The molecule has 3 aromatic rings. The van der Waals surface area contributed by atoms with Gasteiger partial charge in [-0.05, 0) is 36.6 Å². The largest absolute Gasteiger partial charge is 0.346 e. The van der Waals surface area contributed by atoms with Crippen LogP contribution < -0.4 is 5.32 Å². The third-order valence-electron chi connectivity index (χ3n) is 5.09. The highest BCUT2D eigenvalue weighted by Gasteiger charge is 2.19. The van der Waals surface area contributed by atoms with Gasteiger partial charge in [-0.25, -0.2) is 4.98 Å². The van der Waals surface area contributed by atoms with Crippen molar-refractivity contribution in [3.8, 4) is 0 Å². The number of carbonyl (C=O) groups is 2. The number of carbonyl (C=O) groups excluding carboxylic acids is 2. The first-order valence-electron chi connectivity index (χ1n) is 9.97. The van der Waals surface area contributed by atoms with E-state index in [2.05, 4.69) is 27.0 Å². The number of halogens is 1. The van der Waals surface area contributed by atoms with Gasteiger partial charge in [-0.15, -0.1) is 0 Å². The number of imidazole rings is 1. The molecule has 30 heavy (non-hydrogen) atoms. The number of aromatic nitrogens is 2. The molecule has 1 saturated heterocycles. The zero-order valence-corrected chi connectivity index (χ0v) is 18.1. The van der Waals surface area contributed by atoms with Crippen LogP contribution in [0.15, 0.2) is 53.7 Å². The van der Waals surface area contributed by atoms with Gasteiger partial charge in [0.25, 0.3) is 0 Å². The second-order valence-electron chi connectivity index (χ2n) is 7.25. The van der Waals surface area contributed by atoms with Crippen molar-refractivity contribution in [2.75, 3.05) is 25.4 Å². The van der Waals surface area contributed by atoms with Gasteiger partial charge in [0.1, 0.15) is 0 Å². The zero-order chi connectivity index (χ0) is 20.9. The lowest BCUT2D eigenvalue weighted by atomic mass is 10.2. The molecule has 0 radical (unpaired) electrons. The number of hydrogen-bond acceptors (Lipinski definition) is 4. The standard InChI is InChI=1S/C22H23ClN4O2S/c23-17-8-9-19-18(12-17)25-22(27(19)14-16-6-2-1-3-7-16)30-15-20(28)24-13-21(29)26-10-4-5-11-26/h1-3,6-9,12H,4-5,10-11,13-15H2,(H,24,28). The quantitative estimate of drug-likeness (QED) is 0.568. The summed E-state index contributed by atoms with van der Waals surface area (Å²) in [5, 5.41) is 4.11. The Bertz CT molecular complexity index is 1050. The summed E-state index contributed by atoms with van der Waals surface area (Å²) >= 11 is 7.50. The molecule has 1 aliphatic rings. The first-order valence-corrected chi connectivity index (χ1v) is 11.3. The minimum Gasteiger partial charge on any atom is -0.346 e. The van der Waals surface area contributed by atoms with Crippen LogP contribution in [0.25, 0.3) is 11.0 Å². The third-order valence-corrected chi connectivity index (χ3v) is 6.30. The Labute approximate surface area is 184 Å². The van der Waals surface area contributed by atoms with Crippen LogP contribution in [0.3, 0.4) is 0 Å². The maximum absolute atomic E-state index is 12.3. The monoisotopic (exact) mass is 442 g/mol. The van der Waals surface area contributed by atoms with E-state index >= 15 is 0 Å². The molecular weight excluding hydrogens is 420 g/mol. The molecule has 156 valence electrons. The molecule has 0 spiro atoms. The van der Waals surface area contributed by atoms with Crippen molar-refractivity contribution in [1.29, 1.82) is 0 Å². The smallest absolute Gasteiger partial charge is 0.241 e. The number of nitrogens with zero attached hydrogens (tertiary/aromatic N) is 3. The van der Waals surface area contributed by atoms with E-state index in [9.17, 15) is 9.59 Å². The van der Waals surface area contributed by atoms with Gasteiger partial charge in [0, 0.05) is 18.1 Å². The van der Waals surface area contributed by atoms with Crippen molar-refractivity contribution < 1.29 is 9.59 Å². The zero-order valence-electron chi connectivity index (χ0n) is 16.5. The van der Waals surface area contributed by atoms with Crippen molar-refractivity contribution in [3.63, 3.8) is 0 Å². The minimum atomic E-state index is -0.177. The number of hydrogen-bond donors (Lipinski definition) is 1. The van der Waals surface area contributed by atoms with Gasteiger partial charge in [0.15, 0.2) is 5.16 Å². The summed E-state index contributed by atoms with van der Waals surface area (Å²) in [6, 6.07) is 15.7. The van der Waals surface area contributed by atoms with Crippen LogP contribution in [-0.4, -0.2) is 51.7 Å². The fourth-order valence-corrected chi connectivity index (χ4v) is 4.55. The molecular formula is C22H23ClN4O2S. The minimum absolute atomic E-state index is 0.0168. The normalized spacial score (nSPS) is 13.7. The van der Waals surface area contributed by atoms with Gasteiger partial charge in [0.2, 0.25) is 11.8 Å². The fraction of sp³-hybridized carbons (Fsp3) is 0.318. The lowest BCUT2D eigenvalue weighted by molar-refractivity contribution is -0.131. The molecule has 0 saturated carbocycles. The summed E-state index contributed by atoms with van der Waals surface area (Å²) in [4.78, 5) is 30.9. The summed E-state index contributed by atoms with van der Waals surface area (Å²) in [7, 11) is 0. The van der Waals surface area contributed by atoms with Gasteiger partial charge in [-0.3, -0.25) is 9.59 Å². The van der Waals surface area contributed by atoms with Crippen LogP contribution in [0, 0.1) is 0 Å². The lowest BCUT2D eigenvalue weighted by Crippen LogP contribution is -2.39. The van der Waals surface area contributed by atoms with E-state index in [1.165, 1.54) is 11.8 Å². The maximum atomic E-state index is 12.3. The molecule has 1 fully saturated rings. The lowest BCUT2D eigenvalue weighted by Gasteiger charge is -2.15. The first kappa shape index (κ1) is 20.8. The van der Waals surface area contributed by atoms with E-state index in [-0.39, 0.29) is 24.1 Å². The number of benzene rings is 2. The molecule has 0 aliphatic carbocycles. The fourth-order valence-electron chi connectivity index (χ4n) is 3.54. The molecule has 2 amide bonds. The average Bonchev–Trinajstić information content (AvgIpc) is 3.40. The average molecular weight is 443 g/mol. The van der Waals surface area contributed by atoms with E-state index in [0.29, 0.717) is 11.6 Å². The van der Waals surface area contributed by atoms with E-state index < -0.39 is 0 Å². The summed E-state index contributed by atoms with van der Waals surface area (Å²) in [6.45, 7) is 2.27. The van der Waals surface area contributed by atoms with E-state index in [0.717, 1.165) is 47.7 Å². The number of fused-ring (bicyclic) bond motifs is 1. The van der Waals surface area contributed by atoms with Crippen molar-refractivity contribution in [2.24, 2.45) is 0 Å². The molecule has 0 unspecified atom stereocenters. The maximum Gasteiger partial charge on any atom is 0.241 e. The van der Waals surface area contributed by atoms with E-state index in [1.807, 2.05) is 36.4 Å². The molecule has 1 aliphatic heterocycles. The number of nitrogens with one attached hydrogen (secondary N) is 1. The highest BCUT2D eigenvalue weighted by Crippen LogP contribution is 2.27. The molecule has 0 atom stereocenters. The van der Waals surface area contributed by atoms with Crippen molar-refractivity contribution >= 4 is 46.2 Å². The highest BCUT2D eigenvalue weighted by atomic mass is 35.5. The molecule has 2 aromatic carbocycles. The molecule has 4 rings (SSSR count). The second kappa shape index (κ2) is 9.53. The molecule has 6 nitrogen and oxygen atoms in total. The summed E-state index contributed by atoms with van der Waals surface area (Å²) < 4.78 is 2.09. The predicted octanol–water partition coefficient (Wildman–Crippen LogP) is 3.57. The van der Waals surface area contributed by atoms with Crippen LogP contribution in [0.4, 0.5) is 0 Å². The highest BCUT2D eigenvalue weighted by molar-refractivity contribution is 7.99. The second-order valence-corrected chi connectivity index (χ2v) is 8.63. The molecule has 8 heteroatoms. The van der Waals surface area contributed by atoms with Crippen LogP contribution >= 0.6 is 23.4 Å². The van der Waals surface area contributed by atoms with E-state index in [1.54, 1.807) is 4.90 Å². The Kier molecular flexibility index (Phi) is 6.59. The van der Waals surface area contributed by atoms with Crippen molar-refractivity contribution in [1.82, 2.24) is 19.8 Å². The number of likely N-dealkylation sites (tertiary alicyclic amines) is 1. The number of rotatable bonds is 7. The number of amides is 2. The SMILES string of the molecule is O=C(CSc1nc2cc(Cl)ccc2n1Cc1ccccc1)NCC(=O)N1CCCC1. The van der Waals surface area contributed by atoms with E-state index in [4.69, 9.17) is 11.6 Å². The van der Waals surface area contributed by atoms with Crippen LogP contribution in [0.2, 0.25) is 5.02 Å². The number of thioether (sulfide) groups is 1. The molecule has 2 heterocycles. The summed E-state index contributed by atoms with van der Waals surface area (Å²) in [5.74, 6) is -0.000217. The van der Waals surface area contributed by atoms with Gasteiger partial charge in [-0.2, -0.15) is 0 Å². The van der Waals surface area contributed by atoms with Gasteiger partial charge in [-0.1, -0.05) is 53.7 Å². The Balaban J connectivity index is 1.44. The Morgan fingerprint density at radius 2 is 1.87 bits per heavy atom. The van der Waals surface area contributed by atoms with Crippen LogP contribution in [0.5, 0.6) is 0 Å². The molecule has 1 N–H and O–H groups in total. The Hall–Kier alpha value is -2.51. The molecule has 0 bridgehead atoms. The van der Waals surface area contributed by atoms with Crippen molar-refractivity contribution in [2.45, 2.75) is 24.5 Å². The summed E-state index contributed by atoms with van der Waals surface area (Å²) in [6.07, 6.45) is 2.08. The van der Waals surface area contributed by atoms with Crippen LogP contribution in [-0.2, 0) is 16.1 Å². The van der Waals surface area contributed by atoms with Gasteiger partial charge >= 0.3 is 0 Å². The Morgan fingerprint density at radius 3 is 2.63 bits per heavy atom. The van der Waals surface area contributed by atoms with Gasteiger partial charge < -0.3 is 14.8 Å². The van der Waals surface area contributed by atoms with Crippen LogP contribution in [0.1, 0.15) is 18.4 Å². The molecule has 1 aromatic heterocycles. The van der Waals surface area contributed by atoms with Crippen molar-refractivity contribution in [3.05, 3.63) is 59.1 Å². The van der Waals surface area contributed by atoms with Gasteiger partial charge in [0.05, 0.1) is 29.9 Å². The third kappa shape index (κ3) is 4.96.